The van der Waals surface area contributed by atoms with E-state index in [9.17, 15) is 22.4 Å². The van der Waals surface area contributed by atoms with Gasteiger partial charge in [0.2, 0.25) is 21.8 Å². The van der Waals surface area contributed by atoms with Crippen molar-refractivity contribution in [2.24, 2.45) is 0 Å². The van der Waals surface area contributed by atoms with Crippen molar-refractivity contribution in [1.82, 2.24) is 10.2 Å². The first-order valence-electron chi connectivity index (χ1n) is 13.9. The van der Waals surface area contributed by atoms with E-state index < -0.39 is 16.1 Å². The second-order valence-electron chi connectivity index (χ2n) is 10.4. The fraction of sp³-hybridized carbons (Fsp3) is 0.375. The van der Waals surface area contributed by atoms with Crippen LogP contribution in [0.5, 0.6) is 0 Å². The van der Waals surface area contributed by atoms with Gasteiger partial charge in [0.05, 0.1) is 11.9 Å². The molecule has 0 aliphatic rings. The van der Waals surface area contributed by atoms with Crippen LogP contribution in [-0.4, -0.2) is 50.5 Å². The SMILES string of the molecule is CCCNC(=O)[C@@H](Cc1ccccc1)N(Cc1ccc(F)cc1)C(=O)CCCN(c1cc(C)cc(C)c1)S(C)(=O)=O. The van der Waals surface area contributed by atoms with E-state index in [0.29, 0.717) is 24.2 Å². The molecule has 0 fully saturated rings. The maximum Gasteiger partial charge on any atom is 0.243 e. The third-order valence-corrected chi connectivity index (χ3v) is 7.93. The van der Waals surface area contributed by atoms with E-state index in [-0.39, 0.29) is 43.6 Å². The van der Waals surface area contributed by atoms with Crippen LogP contribution in [0, 0.1) is 19.7 Å². The summed E-state index contributed by atoms with van der Waals surface area (Å²) >= 11 is 0. The number of sulfonamides is 1. The summed E-state index contributed by atoms with van der Waals surface area (Å²) in [5.74, 6) is -0.935. The van der Waals surface area contributed by atoms with Crippen molar-refractivity contribution >= 4 is 27.5 Å². The van der Waals surface area contributed by atoms with Gasteiger partial charge < -0.3 is 10.2 Å². The van der Waals surface area contributed by atoms with Gasteiger partial charge in [-0.05, 0) is 73.2 Å². The van der Waals surface area contributed by atoms with E-state index in [1.165, 1.54) is 21.3 Å². The third kappa shape index (κ3) is 9.70. The zero-order chi connectivity index (χ0) is 30.0. The summed E-state index contributed by atoms with van der Waals surface area (Å²) in [6.45, 7) is 6.47. The summed E-state index contributed by atoms with van der Waals surface area (Å²) in [5.41, 5.74) is 4.03. The van der Waals surface area contributed by atoms with Gasteiger partial charge >= 0.3 is 0 Å². The first kappa shape index (κ1) is 31.8. The maximum absolute atomic E-state index is 13.8. The molecule has 3 aromatic rings. The van der Waals surface area contributed by atoms with E-state index in [1.54, 1.807) is 12.1 Å². The number of halogens is 1. The first-order valence-corrected chi connectivity index (χ1v) is 15.7. The average molecular weight is 582 g/mol. The van der Waals surface area contributed by atoms with E-state index >= 15 is 0 Å². The Balaban J connectivity index is 1.87. The molecule has 0 bridgehead atoms. The molecular formula is C32H40FN3O4S. The minimum Gasteiger partial charge on any atom is -0.354 e. The van der Waals surface area contributed by atoms with Crippen LogP contribution in [-0.2, 0) is 32.6 Å². The molecule has 7 nitrogen and oxygen atoms in total. The number of hydrogen-bond donors (Lipinski definition) is 1. The smallest absolute Gasteiger partial charge is 0.243 e. The lowest BCUT2D eigenvalue weighted by Gasteiger charge is -2.32. The minimum atomic E-state index is -3.59. The summed E-state index contributed by atoms with van der Waals surface area (Å²) in [5, 5.41) is 2.93. The van der Waals surface area contributed by atoms with Crippen LogP contribution >= 0.6 is 0 Å². The third-order valence-electron chi connectivity index (χ3n) is 6.73. The summed E-state index contributed by atoms with van der Waals surface area (Å²) in [4.78, 5) is 28.7. The topological polar surface area (TPSA) is 86.8 Å². The highest BCUT2D eigenvalue weighted by molar-refractivity contribution is 7.92. The number of hydrogen-bond acceptors (Lipinski definition) is 4. The van der Waals surface area contributed by atoms with Crippen molar-refractivity contribution in [3.63, 3.8) is 0 Å². The van der Waals surface area contributed by atoms with Gasteiger partial charge in [-0.2, -0.15) is 0 Å². The van der Waals surface area contributed by atoms with Crippen LogP contribution in [0.15, 0.2) is 72.8 Å². The number of amides is 2. The van der Waals surface area contributed by atoms with Crippen molar-refractivity contribution in [3.8, 4) is 0 Å². The number of nitrogens with one attached hydrogen (secondary N) is 1. The first-order chi connectivity index (χ1) is 19.5. The Hall–Kier alpha value is -3.72. The molecule has 0 saturated heterocycles. The summed E-state index contributed by atoms with van der Waals surface area (Å²) in [6, 6.07) is 20.1. The molecule has 0 aliphatic carbocycles. The number of nitrogens with zero attached hydrogens (tertiary/aromatic N) is 2. The van der Waals surface area contributed by atoms with Crippen LogP contribution in [0.4, 0.5) is 10.1 Å². The molecule has 0 unspecified atom stereocenters. The predicted molar refractivity (Wildman–Crippen MR) is 162 cm³/mol. The number of rotatable bonds is 14. The lowest BCUT2D eigenvalue weighted by atomic mass is 10.0. The van der Waals surface area contributed by atoms with Gasteiger partial charge in [0.1, 0.15) is 11.9 Å². The summed E-state index contributed by atoms with van der Waals surface area (Å²) in [7, 11) is -3.59. The molecule has 0 aliphatic heterocycles. The quantitative estimate of drug-likeness (QED) is 0.285. The maximum atomic E-state index is 13.8. The Kier molecular flexibility index (Phi) is 11.5. The summed E-state index contributed by atoms with van der Waals surface area (Å²) in [6.07, 6.45) is 2.50. The van der Waals surface area contributed by atoms with Crippen molar-refractivity contribution in [2.75, 3.05) is 23.7 Å². The molecule has 0 aromatic heterocycles. The molecule has 0 heterocycles. The zero-order valence-electron chi connectivity index (χ0n) is 24.3. The van der Waals surface area contributed by atoms with Crippen LogP contribution in [0.2, 0.25) is 0 Å². The average Bonchev–Trinajstić information content (AvgIpc) is 2.91. The zero-order valence-corrected chi connectivity index (χ0v) is 25.1. The molecule has 2 amide bonds. The Morgan fingerprint density at radius 2 is 1.56 bits per heavy atom. The van der Waals surface area contributed by atoms with Crippen LogP contribution < -0.4 is 9.62 Å². The van der Waals surface area contributed by atoms with Gasteiger partial charge in [0.25, 0.3) is 0 Å². The molecule has 1 N–H and O–H groups in total. The van der Waals surface area contributed by atoms with Gasteiger partial charge in [0, 0.05) is 32.5 Å². The fourth-order valence-corrected chi connectivity index (χ4v) is 5.75. The standard InChI is InChI=1S/C32H40FN3O4S/c1-5-17-34-32(38)30(22-26-10-7-6-8-11-26)35(23-27-13-15-28(33)16-14-27)31(37)12-9-18-36(41(4,39)40)29-20-24(2)19-25(3)21-29/h6-8,10-11,13-16,19-21,30H,5,9,12,17-18,22-23H2,1-4H3,(H,34,38)/t30-/m1/s1. The number of carbonyl (C=O) groups is 2. The number of benzene rings is 3. The molecule has 0 spiro atoms. The molecule has 0 saturated carbocycles. The molecule has 9 heteroatoms. The summed E-state index contributed by atoms with van der Waals surface area (Å²) < 4.78 is 40.3. The largest absolute Gasteiger partial charge is 0.354 e. The number of anilines is 1. The van der Waals surface area contributed by atoms with Gasteiger partial charge in [-0.1, -0.05) is 55.5 Å². The second kappa shape index (κ2) is 14.8. The Bertz CT molecular complexity index is 1390. The van der Waals surface area contributed by atoms with E-state index in [2.05, 4.69) is 5.32 Å². The van der Waals surface area contributed by atoms with Crippen molar-refractivity contribution < 1.29 is 22.4 Å². The van der Waals surface area contributed by atoms with E-state index in [1.807, 2.05) is 69.3 Å². The van der Waals surface area contributed by atoms with Gasteiger partial charge in [-0.15, -0.1) is 0 Å². The molecule has 0 radical (unpaired) electrons. The van der Waals surface area contributed by atoms with Crippen LogP contribution in [0.25, 0.3) is 0 Å². The van der Waals surface area contributed by atoms with Gasteiger partial charge in [0.15, 0.2) is 0 Å². The van der Waals surface area contributed by atoms with Crippen molar-refractivity contribution in [2.45, 2.75) is 59.0 Å². The highest BCUT2D eigenvalue weighted by atomic mass is 32.2. The Morgan fingerprint density at radius 1 is 0.927 bits per heavy atom. The highest BCUT2D eigenvalue weighted by Gasteiger charge is 2.30. The Labute approximate surface area is 243 Å². The lowest BCUT2D eigenvalue weighted by molar-refractivity contribution is -0.141. The number of aryl methyl sites for hydroxylation is 2. The molecule has 3 aromatic carbocycles. The molecular weight excluding hydrogens is 541 g/mol. The van der Waals surface area contributed by atoms with E-state index in [0.717, 1.165) is 29.4 Å². The fourth-order valence-electron chi connectivity index (χ4n) is 4.81. The Morgan fingerprint density at radius 3 is 2.15 bits per heavy atom. The van der Waals surface area contributed by atoms with Crippen LogP contribution in [0.3, 0.4) is 0 Å². The number of carbonyl (C=O) groups excluding carboxylic acids is 2. The molecule has 1 atom stereocenters. The van der Waals surface area contributed by atoms with Crippen molar-refractivity contribution in [3.05, 3.63) is 101 Å². The molecule has 41 heavy (non-hydrogen) atoms. The monoisotopic (exact) mass is 581 g/mol. The van der Waals surface area contributed by atoms with E-state index in [4.69, 9.17) is 0 Å². The van der Waals surface area contributed by atoms with Crippen molar-refractivity contribution in [1.29, 1.82) is 0 Å². The van der Waals surface area contributed by atoms with Gasteiger partial charge in [-0.25, -0.2) is 12.8 Å². The lowest BCUT2D eigenvalue weighted by Crippen LogP contribution is -2.50. The predicted octanol–water partition coefficient (Wildman–Crippen LogP) is 5.16. The normalized spacial score (nSPS) is 12.0. The second-order valence-corrected chi connectivity index (χ2v) is 12.3. The highest BCUT2D eigenvalue weighted by Crippen LogP contribution is 2.23. The minimum absolute atomic E-state index is 0.0321. The van der Waals surface area contributed by atoms with Crippen LogP contribution in [0.1, 0.15) is 48.4 Å². The molecule has 3 rings (SSSR count). The van der Waals surface area contributed by atoms with Gasteiger partial charge in [-0.3, -0.25) is 13.9 Å². The molecule has 220 valence electrons.